The predicted octanol–water partition coefficient (Wildman–Crippen LogP) is 2.94. The Balaban J connectivity index is 2.08. The molecule has 1 saturated carbocycles. The van der Waals surface area contributed by atoms with Gasteiger partial charge in [-0.3, -0.25) is 0 Å². The van der Waals surface area contributed by atoms with Gasteiger partial charge >= 0.3 is 0 Å². The molecule has 88 valence electrons. The first-order valence-electron chi connectivity index (χ1n) is 6.36. The van der Waals surface area contributed by atoms with E-state index in [4.69, 9.17) is 5.73 Å². The van der Waals surface area contributed by atoms with Crippen molar-refractivity contribution in [2.24, 2.45) is 11.7 Å². The quantitative estimate of drug-likeness (QED) is 0.823. The van der Waals surface area contributed by atoms with E-state index < -0.39 is 0 Å². The minimum atomic E-state index is 0.255. The van der Waals surface area contributed by atoms with Crippen LogP contribution in [0.15, 0.2) is 24.3 Å². The van der Waals surface area contributed by atoms with E-state index in [1.54, 1.807) is 0 Å². The van der Waals surface area contributed by atoms with E-state index in [-0.39, 0.29) is 6.04 Å². The molecule has 2 heteroatoms. The lowest BCUT2D eigenvalue weighted by Gasteiger charge is -2.21. The Morgan fingerprint density at radius 2 is 1.75 bits per heavy atom. The van der Waals surface area contributed by atoms with Gasteiger partial charge in [-0.2, -0.15) is 0 Å². The lowest BCUT2D eigenvalue weighted by Crippen LogP contribution is -2.21. The molecule has 1 aliphatic rings. The highest BCUT2D eigenvalue weighted by Crippen LogP contribution is 2.39. The van der Waals surface area contributed by atoms with Crippen LogP contribution >= 0.6 is 0 Å². The third kappa shape index (κ3) is 2.38. The van der Waals surface area contributed by atoms with Crippen LogP contribution in [0.25, 0.3) is 0 Å². The molecule has 0 radical (unpaired) electrons. The summed E-state index contributed by atoms with van der Waals surface area (Å²) in [4.78, 5) is 2.35. The van der Waals surface area contributed by atoms with Crippen molar-refractivity contribution in [2.75, 3.05) is 18.0 Å². The average molecular weight is 218 g/mol. The number of benzene rings is 1. The molecule has 2 nitrogen and oxygen atoms in total. The average Bonchev–Trinajstić information content (AvgIpc) is 3.15. The number of nitrogens with zero attached hydrogens (tertiary/aromatic N) is 1. The fourth-order valence-electron chi connectivity index (χ4n) is 2.22. The van der Waals surface area contributed by atoms with Crippen LogP contribution in [-0.4, -0.2) is 13.1 Å². The van der Waals surface area contributed by atoms with Crippen LogP contribution in [-0.2, 0) is 0 Å². The summed E-state index contributed by atoms with van der Waals surface area (Å²) >= 11 is 0. The topological polar surface area (TPSA) is 29.3 Å². The van der Waals surface area contributed by atoms with Crippen LogP contribution in [0.2, 0.25) is 0 Å². The molecule has 0 aliphatic heterocycles. The first-order chi connectivity index (χ1) is 7.76. The standard InChI is InChI=1S/C14H22N2/c1-3-16(4-2)13-9-7-12(8-10-13)14(15)11-5-6-11/h7-11,14H,3-6,15H2,1-2H3/t14-/m1/s1. The molecular formula is C14H22N2. The van der Waals surface area contributed by atoms with Gasteiger partial charge in [0.25, 0.3) is 0 Å². The van der Waals surface area contributed by atoms with E-state index in [2.05, 4.69) is 43.0 Å². The van der Waals surface area contributed by atoms with Crippen LogP contribution < -0.4 is 10.6 Å². The van der Waals surface area contributed by atoms with Crippen molar-refractivity contribution in [1.82, 2.24) is 0 Å². The Morgan fingerprint density at radius 1 is 1.19 bits per heavy atom. The highest BCUT2D eigenvalue weighted by Gasteiger charge is 2.29. The Kier molecular flexibility index (Phi) is 3.49. The second-order valence-electron chi connectivity index (χ2n) is 4.63. The van der Waals surface area contributed by atoms with Gasteiger partial charge in [0.15, 0.2) is 0 Å². The van der Waals surface area contributed by atoms with Gasteiger partial charge in [-0.05, 0) is 50.3 Å². The van der Waals surface area contributed by atoms with Crippen molar-refractivity contribution >= 4 is 5.69 Å². The SMILES string of the molecule is CCN(CC)c1ccc([C@H](N)C2CC2)cc1. The smallest absolute Gasteiger partial charge is 0.0366 e. The predicted molar refractivity (Wildman–Crippen MR) is 69.7 cm³/mol. The third-order valence-corrected chi connectivity index (χ3v) is 3.54. The second kappa shape index (κ2) is 4.88. The number of nitrogens with two attached hydrogens (primary N) is 1. The van der Waals surface area contributed by atoms with E-state index in [1.165, 1.54) is 24.1 Å². The fraction of sp³-hybridized carbons (Fsp3) is 0.571. The van der Waals surface area contributed by atoms with Crippen LogP contribution in [0.5, 0.6) is 0 Å². The molecule has 0 heterocycles. The molecule has 16 heavy (non-hydrogen) atoms. The zero-order valence-corrected chi connectivity index (χ0v) is 10.3. The maximum absolute atomic E-state index is 6.18. The molecule has 0 spiro atoms. The van der Waals surface area contributed by atoms with Gasteiger partial charge in [-0.25, -0.2) is 0 Å². The van der Waals surface area contributed by atoms with Crippen LogP contribution in [0.1, 0.15) is 38.3 Å². The van der Waals surface area contributed by atoms with Crippen LogP contribution in [0.3, 0.4) is 0 Å². The first kappa shape index (κ1) is 11.5. The Labute approximate surface area is 98.4 Å². The maximum atomic E-state index is 6.18. The van der Waals surface area contributed by atoms with Gasteiger partial charge in [-0.15, -0.1) is 0 Å². The maximum Gasteiger partial charge on any atom is 0.0366 e. The highest BCUT2D eigenvalue weighted by atomic mass is 15.1. The molecule has 1 aliphatic carbocycles. The summed E-state index contributed by atoms with van der Waals surface area (Å²) in [7, 11) is 0. The highest BCUT2D eigenvalue weighted by molar-refractivity contribution is 5.47. The van der Waals surface area contributed by atoms with Crippen molar-refractivity contribution < 1.29 is 0 Å². The van der Waals surface area contributed by atoms with E-state index in [0.29, 0.717) is 0 Å². The molecule has 1 atom stereocenters. The number of hydrogen-bond acceptors (Lipinski definition) is 2. The molecule has 1 aromatic rings. The van der Waals surface area contributed by atoms with Crippen molar-refractivity contribution in [3.63, 3.8) is 0 Å². The lowest BCUT2D eigenvalue weighted by molar-refractivity contribution is 0.633. The van der Waals surface area contributed by atoms with E-state index in [0.717, 1.165) is 19.0 Å². The molecule has 1 aromatic carbocycles. The zero-order valence-electron chi connectivity index (χ0n) is 10.3. The largest absolute Gasteiger partial charge is 0.372 e. The van der Waals surface area contributed by atoms with E-state index in [1.807, 2.05) is 0 Å². The monoisotopic (exact) mass is 218 g/mol. The normalized spacial score (nSPS) is 17.2. The molecule has 0 amide bonds. The summed E-state index contributed by atoms with van der Waals surface area (Å²) in [6, 6.07) is 9.04. The Hall–Kier alpha value is -1.02. The van der Waals surface area contributed by atoms with Gasteiger partial charge in [-0.1, -0.05) is 12.1 Å². The summed E-state index contributed by atoms with van der Waals surface area (Å²) in [6.45, 7) is 6.50. The van der Waals surface area contributed by atoms with Gasteiger partial charge in [0.05, 0.1) is 0 Å². The van der Waals surface area contributed by atoms with Crippen molar-refractivity contribution in [3.8, 4) is 0 Å². The van der Waals surface area contributed by atoms with Gasteiger partial charge in [0.1, 0.15) is 0 Å². The summed E-state index contributed by atoms with van der Waals surface area (Å²) in [5.41, 5.74) is 8.77. The molecule has 1 fully saturated rings. The summed E-state index contributed by atoms with van der Waals surface area (Å²) in [5, 5.41) is 0. The van der Waals surface area contributed by atoms with Crippen LogP contribution in [0, 0.1) is 5.92 Å². The minimum absolute atomic E-state index is 0.255. The Bertz CT molecular complexity index is 302. The van der Waals surface area contributed by atoms with Crippen LogP contribution in [0.4, 0.5) is 5.69 Å². The summed E-state index contributed by atoms with van der Waals surface area (Å²) in [5.74, 6) is 0.735. The zero-order chi connectivity index (χ0) is 11.5. The van der Waals surface area contributed by atoms with E-state index >= 15 is 0 Å². The number of rotatable bonds is 5. The van der Waals surface area contributed by atoms with Gasteiger partial charge < -0.3 is 10.6 Å². The molecule has 2 rings (SSSR count). The fourth-order valence-corrected chi connectivity index (χ4v) is 2.22. The first-order valence-corrected chi connectivity index (χ1v) is 6.36. The summed E-state index contributed by atoms with van der Waals surface area (Å²) in [6.07, 6.45) is 2.61. The molecule has 0 aromatic heterocycles. The van der Waals surface area contributed by atoms with Crippen molar-refractivity contribution in [2.45, 2.75) is 32.7 Å². The van der Waals surface area contributed by atoms with Crippen molar-refractivity contribution in [1.29, 1.82) is 0 Å². The number of anilines is 1. The molecule has 0 saturated heterocycles. The van der Waals surface area contributed by atoms with Gasteiger partial charge in [0, 0.05) is 24.8 Å². The molecule has 0 unspecified atom stereocenters. The molecule has 0 bridgehead atoms. The molecular weight excluding hydrogens is 196 g/mol. The Morgan fingerprint density at radius 3 is 2.19 bits per heavy atom. The third-order valence-electron chi connectivity index (χ3n) is 3.54. The molecule has 2 N–H and O–H groups in total. The lowest BCUT2D eigenvalue weighted by atomic mass is 10.0. The van der Waals surface area contributed by atoms with E-state index in [9.17, 15) is 0 Å². The summed E-state index contributed by atoms with van der Waals surface area (Å²) < 4.78 is 0. The van der Waals surface area contributed by atoms with Crippen molar-refractivity contribution in [3.05, 3.63) is 29.8 Å². The number of hydrogen-bond donors (Lipinski definition) is 1. The minimum Gasteiger partial charge on any atom is -0.372 e. The van der Waals surface area contributed by atoms with Gasteiger partial charge in [0.2, 0.25) is 0 Å². The second-order valence-corrected chi connectivity index (χ2v) is 4.63.